The third-order valence-corrected chi connectivity index (χ3v) is 3.23. The lowest BCUT2D eigenvalue weighted by atomic mass is 10.1. The summed E-state index contributed by atoms with van der Waals surface area (Å²) in [6.07, 6.45) is -3.08. The van der Waals surface area contributed by atoms with Crippen molar-refractivity contribution in [3.63, 3.8) is 0 Å². The molecule has 0 saturated heterocycles. The Morgan fingerprint density at radius 3 is 2.59 bits per heavy atom. The van der Waals surface area contributed by atoms with Crippen LogP contribution in [0.15, 0.2) is 42.6 Å². The Balaban J connectivity index is 2.09. The minimum absolute atomic E-state index is 0.0552. The first-order chi connectivity index (χ1) is 10.3. The molecule has 1 aromatic carbocycles. The van der Waals surface area contributed by atoms with Gasteiger partial charge in [-0.25, -0.2) is 4.79 Å². The summed E-state index contributed by atoms with van der Waals surface area (Å²) >= 11 is 0. The van der Waals surface area contributed by atoms with Crippen molar-refractivity contribution in [2.24, 2.45) is 0 Å². The van der Waals surface area contributed by atoms with Crippen LogP contribution in [0.25, 0.3) is 22.3 Å². The van der Waals surface area contributed by atoms with Gasteiger partial charge in [0.2, 0.25) is 0 Å². The molecule has 2 heterocycles. The Kier molecular flexibility index (Phi) is 3.13. The summed E-state index contributed by atoms with van der Waals surface area (Å²) in [5, 5.41) is 9.55. The molecule has 0 bridgehead atoms. The van der Waals surface area contributed by atoms with E-state index in [1.54, 1.807) is 6.07 Å². The molecule has 0 amide bonds. The van der Waals surface area contributed by atoms with E-state index < -0.39 is 17.7 Å². The summed E-state index contributed by atoms with van der Waals surface area (Å²) < 4.78 is 38.1. The first-order valence-corrected chi connectivity index (χ1v) is 6.24. The number of nitrogens with one attached hydrogen (secondary N) is 1. The van der Waals surface area contributed by atoms with Crippen LogP contribution in [0.4, 0.5) is 13.2 Å². The van der Waals surface area contributed by atoms with E-state index in [-0.39, 0.29) is 5.56 Å². The van der Waals surface area contributed by atoms with Crippen molar-refractivity contribution in [3.8, 4) is 11.4 Å². The van der Waals surface area contributed by atoms with E-state index in [0.29, 0.717) is 22.3 Å². The molecule has 0 fully saturated rings. The maximum absolute atomic E-state index is 12.7. The van der Waals surface area contributed by atoms with Crippen molar-refractivity contribution >= 4 is 16.9 Å². The van der Waals surface area contributed by atoms with E-state index in [2.05, 4.69) is 9.97 Å². The summed E-state index contributed by atoms with van der Waals surface area (Å²) in [5.41, 5.74) is 0.426. The number of aromatic carboxylic acids is 1. The number of H-pyrrole nitrogens is 1. The summed E-state index contributed by atoms with van der Waals surface area (Å²) in [5.74, 6) is -1.10. The maximum Gasteiger partial charge on any atom is 0.416 e. The number of carboxylic acids is 1. The normalized spacial score (nSPS) is 11.8. The highest BCUT2D eigenvalue weighted by atomic mass is 19.4. The van der Waals surface area contributed by atoms with E-state index in [4.69, 9.17) is 5.11 Å². The van der Waals surface area contributed by atoms with Crippen LogP contribution in [0.3, 0.4) is 0 Å². The zero-order valence-electron chi connectivity index (χ0n) is 11.0. The van der Waals surface area contributed by atoms with Gasteiger partial charge in [-0.15, -0.1) is 0 Å². The standard InChI is InChI=1S/C15H9F3N2O2/c16-15(17,18)10-2-1-8-5-13(20-11(8)7-10)12-6-9(14(21)22)3-4-19-12/h1-7,20H,(H,21,22). The van der Waals surface area contributed by atoms with Gasteiger partial charge in [-0.2, -0.15) is 13.2 Å². The molecular weight excluding hydrogens is 297 g/mol. The van der Waals surface area contributed by atoms with Gasteiger partial charge in [0.1, 0.15) is 0 Å². The molecule has 0 aliphatic heterocycles. The zero-order chi connectivity index (χ0) is 15.9. The van der Waals surface area contributed by atoms with Crippen LogP contribution in [-0.4, -0.2) is 21.0 Å². The van der Waals surface area contributed by atoms with Crippen molar-refractivity contribution in [2.75, 3.05) is 0 Å². The molecule has 0 radical (unpaired) electrons. The number of halogens is 3. The molecule has 7 heteroatoms. The van der Waals surface area contributed by atoms with E-state index in [1.807, 2.05) is 0 Å². The highest BCUT2D eigenvalue weighted by Gasteiger charge is 2.30. The molecule has 112 valence electrons. The predicted octanol–water partition coefficient (Wildman–Crippen LogP) is 3.95. The van der Waals surface area contributed by atoms with Crippen molar-refractivity contribution in [2.45, 2.75) is 6.18 Å². The fourth-order valence-electron chi connectivity index (χ4n) is 2.15. The van der Waals surface area contributed by atoms with Crippen LogP contribution in [0, 0.1) is 0 Å². The average Bonchev–Trinajstić information content (AvgIpc) is 2.89. The molecule has 22 heavy (non-hydrogen) atoms. The molecule has 0 aliphatic carbocycles. The van der Waals surface area contributed by atoms with E-state index in [1.165, 1.54) is 24.4 Å². The number of fused-ring (bicyclic) bond motifs is 1. The number of carbonyl (C=O) groups is 1. The molecular formula is C15H9F3N2O2. The van der Waals surface area contributed by atoms with Crippen molar-refractivity contribution in [1.29, 1.82) is 0 Å². The Morgan fingerprint density at radius 1 is 1.14 bits per heavy atom. The second kappa shape index (κ2) is 4.87. The molecule has 3 aromatic rings. The number of hydrogen-bond donors (Lipinski definition) is 2. The van der Waals surface area contributed by atoms with Gasteiger partial charge >= 0.3 is 12.1 Å². The number of nitrogens with zero attached hydrogens (tertiary/aromatic N) is 1. The quantitative estimate of drug-likeness (QED) is 0.753. The Bertz CT molecular complexity index is 869. The van der Waals surface area contributed by atoms with Gasteiger partial charge in [-0.05, 0) is 30.3 Å². The molecule has 0 atom stereocenters. The van der Waals surface area contributed by atoms with Crippen molar-refractivity contribution in [1.82, 2.24) is 9.97 Å². The lowest BCUT2D eigenvalue weighted by Gasteiger charge is -2.05. The largest absolute Gasteiger partial charge is 0.478 e. The number of rotatable bonds is 2. The van der Waals surface area contributed by atoms with Gasteiger partial charge in [0.25, 0.3) is 0 Å². The smallest absolute Gasteiger partial charge is 0.416 e. The number of aromatic nitrogens is 2. The number of hydrogen-bond acceptors (Lipinski definition) is 2. The van der Waals surface area contributed by atoms with Gasteiger partial charge < -0.3 is 10.1 Å². The molecule has 3 rings (SSSR count). The van der Waals surface area contributed by atoms with Crippen molar-refractivity contribution in [3.05, 3.63) is 53.7 Å². The summed E-state index contributed by atoms with van der Waals surface area (Å²) in [6, 6.07) is 7.71. The summed E-state index contributed by atoms with van der Waals surface area (Å²) in [6.45, 7) is 0. The van der Waals surface area contributed by atoms with E-state index in [0.717, 1.165) is 12.1 Å². The Labute approximate surface area is 122 Å². The molecule has 2 aromatic heterocycles. The first-order valence-electron chi connectivity index (χ1n) is 6.24. The number of aromatic amines is 1. The van der Waals surface area contributed by atoms with Gasteiger partial charge in [0.05, 0.1) is 22.5 Å². The molecule has 4 nitrogen and oxygen atoms in total. The van der Waals surface area contributed by atoms with Gasteiger partial charge in [-0.1, -0.05) is 6.07 Å². The highest BCUT2D eigenvalue weighted by molar-refractivity contribution is 5.90. The lowest BCUT2D eigenvalue weighted by Crippen LogP contribution is -2.03. The second-order valence-corrected chi connectivity index (χ2v) is 4.72. The summed E-state index contributed by atoms with van der Waals surface area (Å²) in [7, 11) is 0. The first kappa shape index (κ1) is 14.1. The highest BCUT2D eigenvalue weighted by Crippen LogP contribution is 2.32. The van der Waals surface area contributed by atoms with Crippen LogP contribution in [-0.2, 0) is 6.18 Å². The van der Waals surface area contributed by atoms with Crippen LogP contribution in [0.2, 0.25) is 0 Å². The fraction of sp³-hybridized carbons (Fsp3) is 0.0667. The topological polar surface area (TPSA) is 66.0 Å². The Morgan fingerprint density at radius 2 is 1.91 bits per heavy atom. The third-order valence-electron chi connectivity index (χ3n) is 3.23. The SMILES string of the molecule is O=C(O)c1ccnc(-c2cc3ccc(C(F)(F)F)cc3[nH]2)c1. The maximum atomic E-state index is 12.7. The summed E-state index contributed by atoms with van der Waals surface area (Å²) in [4.78, 5) is 17.8. The van der Waals surface area contributed by atoms with E-state index in [9.17, 15) is 18.0 Å². The third kappa shape index (κ3) is 2.52. The van der Waals surface area contributed by atoms with Gasteiger partial charge in [0.15, 0.2) is 0 Å². The molecule has 2 N–H and O–H groups in total. The van der Waals surface area contributed by atoms with Gasteiger partial charge in [-0.3, -0.25) is 4.98 Å². The average molecular weight is 306 g/mol. The van der Waals surface area contributed by atoms with Crippen LogP contribution < -0.4 is 0 Å². The number of carboxylic acid groups (broad SMARTS) is 1. The molecule has 0 saturated carbocycles. The Hall–Kier alpha value is -2.83. The monoisotopic (exact) mass is 306 g/mol. The van der Waals surface area contributed by atoms with Crippen LogP contribution >= 0.6 is 0 Å². The lowest BCUT2D eigenvalue weighted by molar-refractivity contribution is -0.137. The molecule has 0 spiro atoms. The minimum atomic E-state index is -4.42. The number of alkyl halides is 3. The van der Waals surface area contributed by atoms with Crippen LogP contribution in [0.5, 0.6) is 0 Å². The number of pyridine rings is 1. The molecule has 0 aliphatic rings. The fourth-order valence-corrected chi connectivity index (χ4v) is 2.15. The predicted molar refractivity (Wildman–Crippen MR) is 73.5 cm³/mol. The van der Waals surface area contributed by atoms with Crippen LogP contribution in [0.1, 0.15) is 15.9 Å². The van der Waals surface area contributed by atoms with Crippen molar-refractivity contribution < 1.29 is 23.1 Å². The number of benzene rings is 1. The van der Waals surface area contributed by atoms with Gasteiger partial charge in [0, 0.05) is 17.1 Å². The second-order valence-electron chi connectivity index (χ2n) is 4.72. The minimum Gasteiger partial charge on any atom is -0.478 e. The zero-order valence-corrected chi connectivity index (χ0v) is 11.0. The van der Waals surface area contributed by atoms with E-state index >= 15 is 0 Å². The molecule has 0 unspecified atom stereocenters.